The van der Waals surface area contributed by atoms with Crippen molar-refractivity contribution in [1.29, 1.82) is 0 Å². The first-order valence-electron chi connectivity index (χ1n) is 12.6. The molecular formula is C29H35N5O. The van der Waals surface area contributed by atoms with Crippen LogP contribution in [-0.2, 0) is 17.8 Å². The first kappa shape index (κ1) is 23.4. The Bertz CT molecular complexity index is 1170. The zero-order chi connectivity index (χ0) is 24.4. The molecule has 0 bridgehead atoms. The third-order valence-electron chi connectivity index (χ3n) is 7.25. The number of guanidine groups is 1. The van der Waals surface area contributed by atoms with Crippen LogP contribution < -0.4 is 4.90 Å². The van der Waals surface area contributed by atoms with Crippen LogP contribution in [-0.4, -0.2) is 65.0 Å². The molecule has 1 amide bonds. The fourth-order valence-electron chi connectivity index (χ4n) is 5.09. The number of anilines is 1. The minimum Gasteiger partial charge on any atom is -0.348 e. The summed E-state index contributed by atoms with van der Waals surface area (Å²) in [6, 6.07) is 22.4. The molecular weight excluding hydrogens is 434 g/mol. The number of hydrogen-bond donors (Lipinski definition) is 0. The van der Waals surface area contributed by atoms with Gasteiger partial charge < -0.3 is 9.47 Å². The second kappa shape index (κ2) is 10.1. The highest BCUT2D eigenvalue weighted by Crippen LogP contribution is 2.26. The van der Waals surface area contributed by atoms with E-state index >= 15 is 0 Å². The number of piperazine rings is 1. The second-order valence-electron chi connectivity index (χ2n) is 9.74. The number of aryl methyl sites for hydroxylation is 3. The summed E-state index contributed by atoms with van der Waals surface area (Å²) in [5.74, 6) is 0.866. The maximum Gasteiger partial charge on any atom is 0.259 e. The van der Waals surface area contributed by atoms with Crippen molar-refractivity contribution in [3.8, 4) is 0 Å². The molecule has 2 aromatic carbocycles. The molecule has 2 aliphatic rings. The highest BCUT2D eigenvalue weighted by atomic mass is 16.2. The van der Waals surface area contributed by atoms with Gasteiger partial charge in [0.15, 0.2) is 0 Å². The van der Waals surface area contributed by atoms with Crippen LogP contribution >= 0.6 is 0 Å². The highest BCUT2D eigenvalue weighted by molar-refractivity contribution is 6.22. The molecule has 35 heavy (non-hydrogen) atoms. The topological polar surface area (TPSA) is 44.1 Å². The van der Waals surface area contributed by atoms with E-state index in [2.05, 4.69) is 71.5 Å². The SMILES string of the molecule is Cc1ccc(N2C(=O)C(Cc3ccccc3)N=C2N2CCN(CCn3c(C)ccc3C)CC2)cc1. The summed E-state index contributed by atoms with van der Waals surface area (Å²) in [4.78, 5) is 25.2. The quantitative estimate of drug-likeness (QED) is 0.547. The lowest BCUT2D eigenvalue weighted by Gasteiger charge is -2.37. The van der Waals surface area contributed by atoms with Gasteiger partial charge in [-0.3, -0.25) is 9.69 Å². The van der Waals surface area contributed by atoms with E-state index in [0.717, 1.165) is 56.5 Å². The summed E-state index contributed by atoms with van der Waals surface area (Å²) in [7, 11) is 0. The van der Waals surface area contributed by atoms with Gasteiger partial charge in [-0.05, 0) is 50.6 Å². The predicted molar refractivity (Wildman–Crippen MR) is 142 cm³/mol. The van der Waals surface area contributed by atoms with Crippen molar-refractivity contribution in [3.05, 3.63) is 89.2 Å². The van der Waals surface area contributed by atoms with Gasteiger partial charge in [0.25, 0.3) is 5.91 Å². The van der Waals surface area contributed by atoms with E-state index in [4.69, 9.17) is 4.99 Å². The van der Waals surface area contributed by atoms with E-state index in [1.165, 1.54) is 17.0 Å². The van der Waals surface area contributed by atoms with Crippen LogP contribution in [0.15, 0.2) is 71.7 Å². The normalized spacial score (nSPS) is 18.9. The van der Waals surface area contributed by atoms with E-state index < -0.39 is 0 Å². The van der Waals surface area contributed by atoms with Crippen molar-refractivity contribution < 1.29 is 4.79 Å². The zero-order valence-corrected chi connectivity index (χ0v) is 21.0. The summed E-state index contributed by atoms with van der Waals surface area (Å²) < 4.78 is 2.39. The van der Waals surface area contributed by atoms with Crippen molar-refractivity contribution in [2.24, 2.45) is 4.99 Å². The van der Waals surface area contributed by atoms with Crippen molar-refractivity contribution in [2.75, 3.05) is 37.6 Å². The Labute approximate surface area is 208 Å². The number of hydrogen-bond acceptors (Lipinski definition) is 4. The molecule has 6 heteroatoms. The summed E-state index contributed by atoms with van der Waals surface area (Å²) in [6.07, 6.45) is 0.626. The number of benzene rings is 2. The van der Waals surface area contributed by atoms with Gasteiger partial charge in [-0.1, -0.05) is 48.0 Å². The first-order valence-corrected chi connectivity index (χ1v) is 12.6. The Hall–Kier alpha value is -3.38. The number of aromatic nitrogens is 1. The lowest BCUT2D eigenvalue weighted by molar-refractivity contribution is -0.118. The molecule has 0 radical (unpaired) electrons. The van der Waals surface area contributed by atoms with Gasteiger partial charge in [-0.2, -0.15) is 0 Å². The average Bonchev–Trinajstić information content (AvgIpc) is 3.37. The largest absolute Gasteiger partial charge is 0.348 e. The molecule has 6 nitrogen and oxygen atoms in total. The third kappa shape index (κ3) is 5.03. The molecule has 0 saturated carbocycles. The van der Waals surface area contributed by atoms with Gasteiger partial charge in [-0.25, -0.2) is 9.89 Å². The van der Waals surface area contributed by atoms with Crippen LogP contribution in [0.4, 0.5) is 5.69 Å². The van der Waals surface area contributed by atoms with Crippen LogP contribution in [0.25, 0.3) is 0 Å². The summed E-state index contributed by atoms with van der Waals surface area (Å²) in [5, 5.41) is 0. The van der Waals surface area contributed by atoms with Crippen LogP contribution in [0.3, 0.4) is 0 Å². The van der Waals surface area contributed by atoms with Crippen molar-refractivity contribution in [3.63, 3.8) is 0 Å². The number of carbonyl (C=O) groups excluding carboxylic acids is 1. The minimum atomic E-state index is -0.383. The zero-order valence-electron chi connectivity index (χ0n) is 21.0. The van der Waals surface area contributed by atoms with E-state index in [9.17, 15) is 4.79 Å². The summed E-state index contributed by atoms with van der Waals surface area (Å²) in [6.45, 7) is 12.1. The number of nitrogens with zero attached hydrogens (tertiary/aromatic N) is 5. The second-order valence-corrected chi connectivity index (χ2v) is 9.74. The number of amides is 1. The Morgan fingerprint density at radius 3 is 2.11 bits per heavy atom. The monoisotopic (exact) mass is 469 g/mol. The molecule has 0 N–H and O–H groups in total. The van der Waals surface area contributed by atoms with Gasteiger partial charge in [0.1, 0.15) is 6.04 Å². The molecule has 1 aromatic heterocycles. The summed E-state index contributed by atoms with van der Waals surface area (Å²) >= 11 is 0. The van der Waals surface area contributed by atoms with Crippen molar-refractivity contribution in [1.82, 2.24) is 14.4 Å². The van der Waals surface area contributed by atoms with Crippen molar-refractivity contribution in [2.45, 2.75) is 39.8 Å². The van der Waals surface area contributed by atoms with E-state index in [1.54, 1.807) is 0 Å². The molecule has 182 valence electrons. The highest BCUT2D eigenvalue weighted by Gasteiger charge is 2.39. The van der Waals surface area contributed by atoms with Crippen LogP contribution in [0.2, 0.25) is 0 Å². The van der Waals surface area contributed by atoms with Gasteiger partial charge in [0.2, 0.25) is 5.96 Å². The lowest BCUT2D eigenvalue weighted by Crippen LogP contribution is -2.53. The van der Waals surface area contributed by atoms with Crippen molar-refractivity contribution >= 4 is 17.6 Å². The Morgan fingerprint density at radius 1 is 0.800 bits per heavy atom. The maximum atomic E-state index is 13.6. The molecule has 0 spiro atoms. The molecule has 0 aliphatic carbocycles. The molecule has 1 saturated heterocycles. The molecule has 1 unspecified atom stereocenters. The minimum absolute atomic E-state index is 0.0636. The number of aliphatic imine (C=N–C) groups is 1. The molecule has 1 atom stereocenters. The molecule has 1 fully saturated rings. The smallest absolute Gasteiger partial charge is 0.259 e. The van der Waals surface area contributed by atoms with Crippen LogP contribution in [0.1, 0.15) is 22.5 Å². The van der Waals surface area contributed by atoms with E-state index in [1.807, 2.05) is 35.2 Å². The fraction of sp³-hybridized carbons (Fsp3) is 0.379. The molecule has 5 rings (SSSR count). The molecule has 3 heterocycles. The molecule has 2 aliphatic heterocycles. The van der Waals surface area contributed by atoms with E-state index in [-0.39, 0.29) is 11.9 Å². The first-order chi connectivity index (χ1) is 17.0. The average molecular weight is 470 g/mol. The Morgan fingerprint density at radius 2 is 1.46 bits per heavy atom. The van der Waals surface area contributed by atoms with Crippen LogP contribution in [0, 0.1) is 20.8 Å². The fourth-order valence-corrected chi connectivity index (χ4v) is 5.09. The molecule has 3 aromatic rings. The van der Waals surface area contributed by atoms with E-state index in [0.29, 0.717) is 6.42 Å². The van der Waals surface area contributed by atoms with Crippen LogP contribution in [0.5, 0.6) is 0 Å². The standard InChI is InChI=1S/C29H35N5O/c1-22-9-13-26(14-10-22)34-28(35)27(21-25-7-5-4-6-8-25)30-29(34)32-18-15-31(16-19-32)17-20-33-23(2)11-12-24(33)3/h4-14,27H,15-21H2,1-3H3. The van der Waals surface area contributed by atoms with Gasteiger partial charge in [-0.15, -0.1) is 0 Å². The number of carbonyl (C=O) groups is 1. The summed E-state index contributed by atoms with van der Waals surface area (Å²) in [5.41, 5.74) is 5.86. The predicted octanol–water partition coefficient (Wildman–Crippen LogP) is 4.05. The lowest BCUT2D eigenvalue weighted by atomic mass is 10.1. The van der Waals surface area contributed by atoms with Gasteiger partial charge in [0.05, 0.1) is 5.69 Å². The maximum absolute atomic E-state index is 13.6. The Balaban J connectivity index is 1.30. The van der Waals surface area contributed by atoms with Gasteiger partial charge in [0, 0.05) is 57.1 Å². The van der Waals surface area contributed by atoms with Gasteiger partial charge >= 0.3 is 0 Å². The Kier molecular flexibility index (Phi) is 6.73. The number of rotatable bonds is 6. The third-order valence-corrected chi connectivity index (χ3v) is 7.25.